The van der Waals surface area contributed by atoms with Gasteiger partial charge in [0, 0.05) is 6.54 Å². The largest absolute Gasteiger partial charge is 0.354 e. The summed E-state index contributed by atoms with van der Waals surface area (Å²) >= 11 is 0. The molecule has 104 valence electrons. The average molecular weight is 260 g/mol. The second-order valence-electron chi connectivity index (χ2n) is 5.72. The first kappa shape index (κ1) is 14.1. The molecule has 3 nitrogen and oxygen atoms in total. The van der Waals surface area contributed by atoms with Crippen molar-refractivity contribution < 1.29 is 4.79 Å². The second kappa shape index (κ2) is 6.20. The van der Waals surface area contributed by atoms with Crippen LogP contribution < -0.4 is 11.1 Å². The van der Waals surface area contributed by atoms with Crippen LogP contribution in [0.4, 0.5) is 0 Å². The Bertz CT molecular complexity index is 407. The number of benzene rings is 1. The summed E-state index contributed by atoms with van der Waals surface area (Å²) in [6.07, 6.45) is 5.50. The molecule has 1 saturated carbocycles. The molecule has 0 aromatic heterocycles. The summed E-state index contributed by atoms with van der Waals surface area (Å²) < 4.78 is 0. The number of hydrogen-bond donors (Lipinski definition) is 2. The molecule has 0 aliphatic heterocycles. The smallest absolute Gasteiger partial charge is 0.237 e. The molecule has 1 amide bonds. The Morgan fingerprint density at radius 2 is 2.05 bits per heavy atom. The van der Waals surface area contributed by atoms with E-state index in [0.717, 1.165) is 18.5 Å². The summed E-state index contributed by atoms with van der Waals surface area (Å²) in [7, 11) is 0. The zero-order valence-corrected chi connectivity index (χ0v) is 11.7. The van der Waals surface area contributed by atoms with Gasteiger partial charge in [-0.05, 0) is 36.7 Å². The molecule has 1 aromatic rings. The highest BCUT2D eigenvalue weighted by molar-refractivity contribution is 5.81. The second-order valence-corrected chi connectivity index (χ2v) is 5.72. The Balaban J connectivity index is 1.79. The molecule has 0 bridgehead atoms. The van der Waals surface area contributed by atoms with Gasteiger partial charge in [0.1, 0.15) is 0 Å². The predicted molar refractivity (Wildman–Crippen MR) is 77.7 cm³/mol. The van der Waals surface area contributed by atoms with Crippen LogP contribution in [0.3, 0.4) is 0 Å². The fraction of sp³-hybridized carbons (Fsp3) is 0.562. The molecule has 3 heteroatoms. The zero-order valence-electron chi connectivity index (χ0n) is 11.7. The van der Waals surface area contributed by atoms with Crippen LogP contribution in [0.1, 0.15) is 38.2 Å². The van der Waals surface area contributed by atoms with Gasteiger partial charge in [0.25, 0.3) is 0 Å². The highest BCUT2D eigenvalue weighted by atomic mass is 16.2. The summed E-state index contributed by atoms with van der Waals surface area (Å²) in [6, 6.07) is 9.48. The summed E-state index contributed by atoms with van der Waals surface area (Å²) in [6.45, 7) is 2.99. The monoisotopic (exact) mass is 260 g/mol. The minimum atomic E-state index is -0.448. The van der Waals surface area contributed by atoms with Gasteiger partial charge >= 0.3 is 0 Å². The Morgan fingerprint density at radius 1 is 1.37 bits per heavy atom. The minimum Gasteiger partial charge on any atom is -0.354 e. The van der Waals surface area contributed by atoms with Crippen molar-refractivity contribution in [2.24, 2.45) is 11.1 Å². The van der Waals surface area contributed by atoms with Crippen molar-refractivity contribution >= 4 is 5.91 Å². The Labute approximate surface area is 115 Å². The van der Waals surface area contributed by atoms with Crippen LogP contribution in [-0.2, 0) is 11.2 Å². The van der Waals surface area contributed by atoms with Crippen LogP contribution in [0.15, 0.2) is 30.3 Å². The van der Waals surface area contributed by atoms with E-state index in [2.05, 4.69) is 12.2 Å². The lowest BCUT2D eigenvalue weighted by atomic mass is 9.67. The van der Waals surface area contributed by atoms with Gasteiger partial charge in [0.2, 0.25) is 5.91 Å². The molecule has 1 fully saturated rings. The molecule has 0 heterocycles. The minimum absolute atomic E-state index is 0.0245. The standard InChI is InChI=1S/C16H24N2O/c1-2-16(9-6-10-16)12-18-15(19)14(17)11-13-7-4-3-5-8-13/h3-5,7-8,14H,2,6,9-12,17H2,1H3,(H,18,19)/t14-/m0/s1. The first-order chi connectivity index (χ1) is 9.15. The van der Waals surface area contributed by atoms with Crippen LogP contribution in [0.2, 0.25) is 0 Å². The topological polar surface area (TPSA) is 55.1 Å². The van der Waals surface area contributed by atoms with Crippen molar-refractivity contribution in [1.82, 2.24) is 5.32 Å². The molecule has 0 radical (unpaired) electrons. The molecule has 0 spiro atoms. The number of nitrogens with one attached hydrogen (secondary N) is 1. The Kier molecular flexibility index (Phi) is 4.59. The third-order valence-corrected chi connectivity index (χ3v) is 4.44. The quantitative estimate of drug-likeness (QED) is 0.824. The van der Waals surface area contributed by atoms with E-state index in [0.29, 0.717) is 11.8 Å². The van der Waals surface area contributed by atoms with E-state index in [1.165, 1.54) is 19.3 Å². The molecule has 0 saturated heterocycles. The van der Waals surface area contributed by atoms with E-state index in [-0.39, 0.29) is 5.91 Å². The summed E-state index contributed by atoms with van der Waals surface area (Å²) in [5.41, 5.74) is 7.43. The molecular formula is C16H24N2O. The van der Waals surface area contributed by atoms with E-state index < -0.39 is 6.04 Å². The zero-order chi connectivity index (χ0) is 13.7. The van der Waals surface area contributed by atoms with Crippen LogP contribution in [0.5, 0.6) is 0 Å². The van der Waals surface area contributed by atoms with Gasteiger partial charge in [-0.2, -0.15) is 0 Å². The van der Waals surface area contributed by atoms with Gasteiger partial charge < -0.3 is 11.1 Å². The molecule has 2 rings (SSSR count). The number of hydrogen-bond acceptors (Lipinski definition) is 2. The highest BCUT2D eigenvalue weighted by Crippen LogP contribution is 2.42. The summed E-state index contributed by atoms with van der Waals surface area (Å²) in [5, 5.41) is 3.03. The van der Waals surface area contributed by atoms with E-state index in [9.17, 15) is 4.79 Å². The number of rotatable bonds is 6. The first-order valence-corrected chi connectivity index (χ1v) is 7.22. The van der Waals surface area contributed by atoms with Gasteiger partial charge in [-0.25, -0.2) is 0 Å². The van der Waals surface area contributed by atoms with Gasteiger partial charge in [-0.15, -0.1) is 0 Å². The van der Waals surface area contributed by atoms with E-state index in [1.54, 1.807) is 0 Å². The lowest BCUT2D eigenvalue weighted by molar-refractivity contribution is -0.123. The molecule has 1 aliphatic rings. The third kappa shape index (κ3) is 3.57. The Hall–Kier alpha value is -1.35. The SMILES string of the molecule is CCC1(CNC(=O)[C@@H](N)Cc2ccccc2)CCC1. The van der Waals surface area contributed by atoms with Gasteiger partial charge in [-0.1, -0.05) is 43.7 Å². The fourth-order valence-corrected chi connectivity index (χ4v) is 2.70. The normalized spacial score (nSPS) is 18.4. The van der Waals surface area contributed by atoms with Crippen molar-refractivity contribution in [3.63, 3.8) is 0 Å². The lowest BCUT2D eigenvalue weighted by Gasteiger charge is -2.41. The molecule has 1 atom stereocenters. The fourth-order valence-electron chi connectivity index (χ4n) is 2.70. The molecule has 19 heavy (non-hydrogen) atoms. The molecule has 0 unspecified atom stereocenters. The highest BCUT2D eigenvalue weighted by Gasteiger charge is 2.35. The molecular weight excluding hydrogens is 236 g/mol. The van der Waals surface area contributed by atoms with Gasteiger partial charge in [0.05, 0.1) is 6.04 Å². The third-order valence-electron chi connectivity index (χ3n) is 4.44. The number of carbonyl (C=O) groups is 1. The van der Waals surface area contributed by atoms with Crippen molar-refractivity contribution in [3.8, 4) is 0 Å². The summed E-state index contributed by atoms with van der Waals surface area (Å²) in [5.74, 6) is -0.0245. The molecule has 1 aromatic carbocycles. The van der Waals surface area contributed by atoms with Crippen molar-refractivity contribution in [1.29, 1.82) is 0 Å². The van der Waals surface area contributed by atoms with Crippen LogP contribution in [0, 0.1) is 5.41 Å². The average Bonchev–Trinajstić information content (AvgIpc) is 2.39. The Morgan fingerprint density at radius 3 is 2.58 bits per heavy atom. The van der Waals surface area contributed by atoms with Crippen molar-refractivity contribution in [2.75, 3.05) is 6.54 Å². The van der Waals surface area contributed by atoms with E-state index in [4.69, 9.17) is 5.73 Å². The maximum absolute atomic E-state index is 12.0. The van der Waals surface area contributed by atoms with E-state index >= 15 is 0 Å². The van der Waals surface area contributed by atoms with Crippen LogP contribution in [0.25, 0.3) is 0 Å². The predicted octanol–water partition coefficient (Wildman–Crippen LogP) is 2.25. The van der Waals surface area contributed by atoms with Crippen molar-refractivity contribution in [3.05, 3.63) is 35.9 Å². The van der Waals surface area contributed by atoms with Crippen LogP contribution >= 0.6 is 0 Å². The lowest BCUT2D eigenvalue weighted by Crippen LogP contribution is -2.48. The summed E-state index contributed by atoms with van der Waals surface area (Å²) in [4.78, 5) is 12.0. The molecule has 1 aliphatic carbocycles. The maximum atomic E-state index is 12.0. The first-order valence-electron chi connectivity index (χ1n) is 7.22. The van der Waals surface area contributed by atoms with Crippen molar-refractivity contribution in [2.45, 2.75) is 45.1 Å². The number of amides is 1. The number of carbonyl (C=O) groups excluding carboxylic acids is 1. The van der Waals surface area contributed by atoms with E-state index in [1.807, 2.05) is 30.3 Å². The number of nitrogens with two attached hydrogens (primary N) is 1. The molecule has 3 N–H and O–H groups in total. The van der Waals surface area contributed by atoms with Gasteiger partial charge in [-0.3, -0.25) is 4.79 Å². The van der Waals surface area contributed by atoms with Gasteiger partial charge in [0.15, 0.2) is 0 Å². The van der Waals surface area contributed by atoms with Crippen LogP contribution in [-0.4, -0.2) is 18.5 Å². The maximum Gasteiger partial charge on any atom is 0.237 e.